The number of nitrogens with one attached hydrogen (secondary N) is 1. The Morgan fingerprint density at radius 1 is 1.43 bits per heavy atom. The zero-order valence-electron chi connectivity index (χ0n) is 12.4. The van der Waals surface area contributed by atoms with Crippen LogP contribution in [0.4, 0.5) is 0 Å². The van der Waals surface area contributed by atoms with Gasteiger partial charge < -0.3 is 0 Å². The second-order valence-electron chi connectivity index (χ2n) is 5.53. The van der Waals surface area contributed by atoms with E-state index in [-0.39, 0.29) is 15.4 Å². The third-order valence-corrected chi connectivity index (χ3v) is 6.66. The predicted octanol–water partition coefficient (Wildman–Crippen LogP) is 2.84. The van der Waals surface area contributed by atoms with E-state index in [1.165, 1.54) is 12.1 Å². The van der Waals surface area contributed by atoms with Gasteiger partial charge in [0, 0.05) is 23.3 Å². The Bertz CT molecular complexity index is 620. The fourth-order valence-electron chi connectivity index (χ4n) is 2.35. The van der Waals surface area contributed by atoms with Gasteiger partial charge in [0.05, 0.1) is 4.90 Å². The van der Waals surface area contributed by atoms with E-state index in [4.69, 9.17) is 0 Å². The van der Waals surface area contributed by atoms with Gasteiger partial charge in [0.1, 0.15) is 0 Å². The van der Waals surface area contributed by atoms with Crippen LogP contribution in [0.1, 0.15) is 43.5 Å². The van der Waals surface area contributed by atoms with Crippen molar-refractivity contribution in [3.63, 3.8) is 0 Å². The van der Waals surface area contributed by atoms with Crippen molar-refractivity contribution in [1.82, 2.24) is 4.72 Å². The van der Waals surface area contributed by atoms with Crippen molar-refractivity contribution in [2.45, 2.75) is 42.8 Å². The molecule has 1 aromatic carbocycles. The summed E-state index contributed by atoms with van der Waals surface area (Å²) in [5.74, 6) is 1.03. The lowest BCUT2D eigenvalue weighted by Crippen LogP contribution is -2.36. The molecule has 116 valence electrons. The number of Topliss-reactive ketones (excluding diaryl/α,β-unsaturated/α-hetero) is 1. The normalized spacial score (nSPS) is 22.4. The quantitative estimate of drug-likeness (QED) is 0.816. The minimum absolute atomic E-state index is 0.0239. The lowest BCUT2D eigenvalue weighted by atomic mass is 10.1. The molecule has 0 radical (unpaired) electrons. The zero-order chi connectivity index (χ0) is 15.5. The molecule has 21 heavy (non-hydrogen) atoms. The number of sulfonamides is 1. The van der Waals surface area contributed by atoms with Crippen LogP contribution in [0, 0.1) is 0 Å². The molecule has 2 rings (SSSR count). The van der Waals surface area contributed by atoms with Gasteiger partial charge in [-0.25, -0.2) is 13.1 Å². The van der Waals surface area contributed by atoms with Gasteiger partial charge in [-0.3, -0.25) is 4.79 Å². The Labute approximate surface area is 130 Å². The molecule has 1 unspecified atom stereocenters. The molecule has 1 saturated heterocycles. The van der Waals surface area contributed by atoms with E-state index in [1.807, 2.05) is 11.8 Å². The van der Waals surface area contributed by atoms with Crippen LogP contribution in [0.3, 0.4) is 0 Å². The molecule has 0 aliphatic carbocycles. The molecule has 4 nitrogen and oxygen atoms in total. The number of hydrogen-bond acceptors (Lipinski definition) is 4. The number of rotatable bonds is 6. The summed E-state index contributed by atoms with van der Waals surface area (Å²) in [6.45, 7) is 4.27. The average Bonchev–Trinajstić information content (AvgIpc) is 2.92. The third-order valence-electron chi connectivity index (χ3n) is 3.72. The van der Waals surface area contributed by atoms with Crippen LogP contribution in [0.25, 0.3) is 0 Å². The SMILES string of the molecule is CCC(=O)c1cccc(S(=O)(=O)NCC2(C)CCCS2)c1. The summed E-state index contributed by atoms with van der Waals surface area (Å²) >= 11 is 1.81. The maximum Gasteiger partial charge on any atom is 0.240 e. The van der Waals surface area contributed by atoms with E-state index in [1.54, 1.807) is 19.1 Å². The van der Waals surface area contributed by atoms with Crippen molar-refractivity contribution in [3.8, 4) is 0 Å². The van der Waals surface area contributed by atoms with Gasteiger partial charge in [-0.05, 0) is 37.7 Å². The number of thioether (sulfide) groups is 1. The topological polar surface area (TPSA) is 63.2 Å². The highest BCUT2D eigenvalue weighted by Gasteiger charge is 2.31. The van der Waals surface area contributed by atoms with Crippen molar-refractivity contribution in [2.75, 3.05) is 12.3 Å². The van der Waals surface area contributed by atoms with Gasteiger partial charge in [0.2, 0.25) is 10.0 Å². The van der Waals surface area contributed by atoms with E-state index >= 15 is 0 Å². The second-order valence-corrected chi connectivity index (χ2v) is 8.98. The molecule has 6 heteroatoms. The monoisotopic (exact) mass is 327 g/mol. The first-order valence-electron chi connectivity index (χ1n) is 7.13. The standard InChI is InChI=1S/C15H21NO3S2/c1-3-14(17)12-6-4-7-13(10-12)21(18,19)16-11-15(2)8-5-9-20-15/h4,6-7,10,16H,3,5,8-9,11H2,1-2H3. The molecule has 1 atom stereocenters. The van der Waals surface area contributed by atoms with Gasteiger partial charge in [-0.15, -0.1) is 0 Å². The molecular formula is C15H21NO3S2. The van der Waals surface area contributed by atoms with E-state index < -0.39 is 10.0 Å². The van der Waals surface area contributed by atoms with Gasteiger partial charge in [-0.1, -0.05) is 19.1 Å². The van der Waals surface area contributed by atoms with Gasteiger partial charge in [-0.2, -0.15) is 11.8 Å². The summed E-state index contributed by atoms with van der Waals surface area (Å²) in [6, 6.07) is 6.25. The van der Waals surface area contributed by atoms with Gasteiger partial charge in [0.25, 0.3) is 0 Å². The Balaban J connectivity index is 2.14. The largest absolute Gasteiger partial charge is 0.294 e. The number of ketones is 1. The maximum absolute atomic E-state index is 12.4. The Morgan fingerprint density at radius 3 is 2.81 bits per heavy atom. The number of carbonyl (C=O) groups is 1. The Kier molecular flexibility index (Phi) is 5.11. The van der Waals surface area contributed by atoms with Crippen LogP contribution in [-0.4, -0.2) is 31.2 Å². The number of carbonyl (C=O) groups excluding carboxylic acids is 1. The summed E-state index contributed by atoms with van der Waals surface area (Å²) in [5.41, 5.74) is 0.446. The van der Waals surface area contributed by atoms with Crippen molar-refractivity contribution in [2.24, 2.45) is 0 Å². The number of hydrogen-bond donors (Lipinski definition) is 1. The molecule has 1 fully saturated rings. The van der Waals surface area contributed by atoms with Crippen LogP contribution in [0.5, 0.6) is 0 Å². The molecule has 0 saturated carbocycles. The van der Waals surface area contributed by atoms with Gasteiger partial charge in [0.15, 0.2) is 5.78 Å². The lowest BCUT2D eigenvalue weighted by molar-refractivity contribution is 0.0988. The van der Waals surface area contributed by atoms with Crippen molar-refractivity contribution in [3.05, 3.63) is 29.8 Å². The van der Waals surface area contributed by atoms with E-state index in [9.17, 15) is 13.2 Å². The minimum atomic E-state index is -3.57. The van der Waals surface area contributed by atoms with Crippen molar-refractivity contribution < 1.29 is 13.2 Å². The fourth-order valence-corrected chi connectivity index (χ4v) is 4.90. The summed E-state index contributed by atoms with van der Waals surface area (Å²) < 4.78 is 27.4. The molecule has 0 amide bonds. The first-order valence-corrected chi connectivity index (χ1v) is 9.60. The molecule has 0 bridgehead atoms. The predicted molar refractivity (Wildman–Crippen MR) is 86.3 cm³/mol. The Hall–Kier alpha value is -0.850. The zero-order valence-corrected chi connectivity index (χ0v) is 14.0. The van der Waals surface area contributed by atoms with Crippen molar-refractivity contribution >= 4 is 27.6 Å². The average molecular weight is 327 g/mol. The summed E-state index contributed by atoms with van der Waals surface area (Å²) in [4.78, 5) is 11.9. The first-order chi connectivity index (χ1) is 9.86. The Morgan fingerprint density at radius 2 is 2.19 bits per heavy atom. The lowest BCUT2D eigenvalue weighted by Gasteiger charge is -2.22. The van der Waals surface area contributed by atoms with Crippen LogP contribution >= 0.6 is 11.8 Å². The fraction of sp³-hybridized carbons (Fsp3) is 0.533. The smallest absolute Gasteiger partial charge is 0.240 e. The summed E-state index contributed by atoms with van der Waals surface area (Å²) in [7, 11) is -3.57. The molecule has 0 aromatic heterocycles. The van der Waals surface area contributed by atoms with Crippen LogP contribution < -0.4 is 4.72 Å². The molecule has 1 heterocycles. The third kappa shape index (κ3) is 4.08. The molecule has 1 aromatic rings. The molecule has 1 N–H and O–H groups in total. The van der Waals surface area contributed by atoms with Crippen LogP contribution in [0.15, 0.2) is 29.2 Å². The van der Waals surface area contributed by atoms with Crippen LogP contribution in [-0.2, 0) is 10.0 Å². The van der Waals surface area contributed by atoms with E-state index in [0.717, 1.165) is 18.6 Å². The highest BCUT2D eigenvalue weighted by molar-refractivity contribution is 8.01. The second kappa shape index (κ2) is 6.50. The van der Waals surface area contributed by atoms with E-state index in [0.29, 0.717) is 18.5 Å². The maximum atomic E-state index is 12.4. The van der Waals surface area contributed by atoms with Crippen molar-refractivity contribution in [1.29, 1.82) is 0 Å². The molecule has 1 aliphatic rings. The summed E-state index contributed by atoms with van der Waals surface area (Å²) in [5, 5.41) is 0. The highest BCUT2D eigenvalue weighted by atomic mass is 32.2. The molecule has 0 spiro atoms. The van der Waals surface area contributed by atoms with Crippen LogP contribution in [0.2, 0.25) is 0 Å². The molecular weight excluding hydrogens is 306 g/mol. The summed E-state index contributed by atoms with van der Waals surface area (Å²) in [6.07, 6.45) is 2.52. The molecule has 1 aliphatic heterocycles. The first kappa shape index (κ1) is 16.5. The number of benzene rings is 1. The van der Waals surface area contributed by atoms with E-state index in [2.05, 4.69) is 11.6 Å². The minimum Gasteiger partial charge on any atom is -0.294 e. The van der Waals surface area contributed by atoms with Gasteiger partial charge >= 0.3 is 0 Å². The highest BCUT2D eigenvalue weighted by Crippen LogP contribution is 2.37.